The van der Waals surface area contributed by atoms with Gasteiger partial charge in [-0.2, -0.15) is 0 Å². The third kappa shape index (κ3) is 2.57. The van der Waals surface area contributed by atoms with Gasteiger partial charge in [-0.1, -0.05) is 12.1 Å². The fraction of sp³-hybridized carbons (Fsp3) is 0.333. The Morgan fingerprint density at radius 1 is 1.33 bits per heavy atom. The molecule has 1 amide bonds. The summed E-state index contributed by atoms with van der Waals surface area (Å²) in [5.74, 6) is -0.0705. The average molecular weight is 343 g/mol. The number of amides is 1. The number of thiophene rings is 1. The standard InChI is InChI=1S/C18H17NO4S/c20-16(21)9-12-4-3-7-19(12)18(22)15-8-11-10-23-14-6-2-1-5-13(14)17(11)24-15/h1-2,5-6,8,12H,3-4,7,9-10H2,(H,20,21). The molecule has 0 saturated carbocycles. The molecule has 24 heavy (non-hydrogen) atoms. The van der Waals surface area contributed by atoms with Gasteiger partial charge in [-0.3, -0.25) is 9.59 Å². The summed E-state index contributed by atoms with van der Waals surface area (Å²) in [5.41, 5.74) is 2.04. The molecule has 0 aliphatic carbocycles. The van der Waals surface area contributed by atoms with Crippen LogP contribution in [-0.2, 0) is 11.4 Å². The predicted octanol–water partition coefficient (Wildman–Crippen LogP) is 3.39. The SMILES string of the molecule is O=C(O)CC1CCCN1C(=O)c1cc2c(s1)-c1ccccc1OC2. The van der Waals surface area contributed by atoms with Crippen LogP contribution >= 0.6 is 11.3 Å². The van der Waals surface area contributed by atoms with E-state index in [1.54, 1.807) is 4.90 Å². The molecule has 1 atom stereocenters. The zero-order valence-corrected chi connectivity index (χ0v) is 13.8. The van der Waals surface area contributed by atoms with Crippen LogP contribution in [0.25, 0.3) is 10.4 Å². The highest BCUT2D eigenvalue weighted by Gasteiger charge is 2.32. The van der Waals surface area contributed by atoms with Crippen LogP contribution in [0.1, 0.15) is 34.5 Å². The van der Waals surface area contributed by atoms with Gasteiger partial charge in [0.2, 0.25) is 0 Å². The number of hydrogen-bond donors (Lipinski definition) is 1. The number of carbonyl (C=O) groups excluding carboxylic acids is 1. The van der Waals surface area contributed by atoms with Crippen molar-refractivity contribution >= 4 is 23.2 Å². The van der Waals surface area contributed by atoms with Crippen LogP contribution < -0.4 is 4.74 Å². The Bertz CT molecular complexity index is 813. The van der Waals surface area contributed by atoms with Crippen molar-refractivity contribution in [1.82, 2.24) is 4.90 Å². The van der Waals surface area contributed by atoms with E-state index >= 15 is 0 Å². The Balaban J connectivity index is 1.63. The van der Waals surface area contributed by atoms with Gasteiger partial charge in [-0.25, -0.2) is 0 Å². The number of para-hydroxylation sites is 1. The van der Waals surface area contributed by atoms with E-state index in [4.69, 9.17) is 9.84 Å². The smallest absolute Gasteiger partial charge is 0.305 e. The first-order chi connectivity index (χ1) is 11.6. The summed E-state index contributed by atoms with van der Waals surface area (Å²) in [6, 6.07) is 9.53. The van der Waals surface area contributed by atoms with Crippen LogP contribution in [0.3, 0.4) is 0 Å². The number of carboxylic acids is 1. The maximum Gasteiger partial charge on any atom is 0.305 e. The lowest BCUT2D eigenvalue weighted by molar-refractivity contribution is -0.137. The van der Waals surface area contributed by atoms with Crippen molar-refractivity contribution in [3.8, 4) is 16.2 Å². The van der Waals surface area contributed by atoms with Gasteiger partial charge in [0.15, 0.2) is 0 Å². The molecular formula is C18H17NO4S. The largest absolute Gasteiger partial charge is 0.488 e. The van der Waals surface area contributed by atoms with Crippen molar-refractivity contribution in [2.24, 2.45) is 0 Å². The van der Waals surface area contributed by atoms with E-state index in [0.29, 0.717) is 18.0 Å². The number of likely N-dealkylation sites (tertiary alicyclic amines) is 1. The summed E-state index contributed by atoms with van der Waals surface area (Å²) in [5, 5.41) is 9.03. The van der Waals surface area contributed by atoms with Crippen LogP contribution in [0.5, 0.6) is 5.75 Å². The minimum Gasteiger partial charge on any atom is -0.488 e. The summed E-state index contributed by atoms with van der Waals surface area (Å²) < 4.78 is 5.75. The molecular weight excluding hydrogens is 326 g/mol. The van der Waals surface area contributed by atoms with Crippen molar-refractivity contribution in [2.45, 2.75) is 31.9 Å². The van der Waals surface area contributed by atoms with Crippen molar-refractivity contribution in [1.29, 1.82) is 0 Å². The number of ether oxygens (including phenoxy) is 1. The molecule has 0 radical (unpaired) electrons. The molecule has 4 rings (SSSR count). The van der Waals surface area contributed by atoms with Gasteiger partial charge in [-0.05, 0) is 31.0 Å². The van der Waals surface area contributed by atoms with Gasteiger partial charge in [0.05, 0.1) is 11.3 Å². The van der Waals surface area contributed by atoms with Crippen LogP contribution in [0.2, 0.25) is 0 Å². The molecule has 1 unspecified atom stereocenters. The molecule has 5 nitrogen and oxygen atoms in total. The molecule has 1 fully saturated rings. The second-order valence-electron chi connectivity index (χ2n) is 6.14. The maximum absolute atomic E-state index is 12.9. The second kappa shape index (κ2) is 5.94. The Hall–Kier alpha value is -2.34. The third-order valence-electron chi connectivity index (χ3n) is 4.58. The topological polar surface area (TPSA) is 66.8 Å². The number of benzene rings is 1. The number of rotatable bonds is 3. The number of fused-ring (bicyclic) bond motifs is 3. The van der Waals surface area contributed by atoms with Gasteiger partial charge < -0.3 is 14.7 Å². The number of hydrogen-bond acceptors (Lipinski definition) is 4. The molecule has 0 spiro atoms. The van der Waals surface area contributed by atoms with E-state index in [1.165, 1.54) is 11.3 Å². The lowest BCUT2D eigenvalue weighted by atomic mass is 10.1. The first-order valence-corrected chi connectivity index (χ1v) is 8.83. The molecule has 0 bridgehead atoms. The highest BCUT2D eigenvalue weighted by Crippen LogP contribution is 2.42. The zero-order valence-electron chi connectivity index (χ0n) is 13.0. The zero-order chi connectivity index (χ0) is 16.7. The van der Waals surface area contributed by atoms with Crippen LogP contribution in [0.4, 0.5) is 0 Å². The monoisotopic (exact) mass is 343 g/mol. The molecule has 2 aliphatic rings. The van der Waals surface area contributed by atoms with E-state index in [1.807, 2.05) is 30.3 Å². The molecule has 1 aromatic carbocycles. The molecule has 1 N–H and O–H groups in total. The summed E-state index contributed by atoms with van der Waals surface area (Å²) in [6.45, 7) is 1.10. The third-order valence-corrected chi connectivity index (χ3v) is 5.78. The Morgan fingerprint density at radius 3 is 3.00 bits per heavy atom. The van der Waals surface area contributed by atoms with Crippen molar-refractivity contribution in [3.63, 3.8) is 0 Å². The van der Waals surface area contributed by atoms with Crippen molar-refractivity contribution < 1.29 is 19.4 Å². The lowest BCUT2D eigenvalue weighted by Gasteiger charge is -2.22. The quantitative estimate of drug-likeness (QED) is 0.928. The normalized spacial score (nSPS) is 18.7. The van der Waals surface area contributed by atoms with Crippen LogP contribution in [0, 0.1) is 0 Å². The number of nitrogens with zero attached hydrogens (tertiary/aromatic N) is 1. The predicted molar refractivity (Wildman–Crippen MR) is 90.4 cm³/mol. The maximum atomic E-state index is 12.9. The molecule has 124 valence electrons. The van der Waals surface area contributed by atoms with Crippen molar-refractivity contribution in [2.75, 3.05) is 6.54 Å². The van der Waals surface area contributed by atoms with E-state index in [2.05, 4.69) is 0 Å². The molecule has 2 aliphatic heterocycles. The summed E-state index contributed by atoms with van der Waals surface area (Å²) in [7, 11) is 0. The Kier molecular flexibility index (Phi) is 3.76. The molecule has 1 aromatic heterocycles. The van der Waals surface area contributed by atoms with Gasteiger partial charge in [0, 0.05) is 28.6 Å². The average Bonchev–Trinajstić information content (AvgIpc) is 3.20. The van der Waals surface area contributed by atoms with Gasteiger partial charge in [0.1, 0.15) is 12.4 Å². The number of carboxylic acid groups (broad SMARTS) is 1. The van der Waals surface area contributed by atoms with Crippen LogP contribution in [-0.4, -0.2) is 34.5 Å². The highest BCUT2D eigenvalue weighted by atomic mass is 32.1. The first-order valence-electron chi connectivity index (χ1n) is 8.01. The first kappa shape index (κ1) is 15.2. The van der Waals surface area contributed by atoms with Gasteiger partial charge in [-0.15, -0.1) is 11.3 Å². The molecule has 2 aromatic rings. The van der Waals surface area contributed by atoms with E-state index in [9.17, 15) is 9.59 Å². The van der Waals surface area contributed by atoms with Crippen LogP contribution in [0.15, 0.2) is 30.3 Å². The molecule has 1 saturated heterocycles. The van der Waals surface area contributed by atoms with E-state index in [-0.39, 0.29) is 18.4 Å². The van der Waals surface area contributed by atoms with Gasteiger partial charge >= 0.3 is 5.97 Å². The van der Waals surface area contributed by atoms with Gasteiger partial charge in [0.25, 0.3) is 5.91 Å². The second-order valence-corrected chi connectivity index (χ2v) is 7.19. The fourth-order valence-corrected chi connectivity index (χ4v) is 4.62. The van der Waals surface area contributed by atoms with E-state index < -0.39 is 5.97 Å². The van der Waals surface area contributed by atoms with Crippen molar-refractivity contribution in [3.05, 3.63) is 40.8 Å². The Labute approximate surface area is 143 Å². The Morgan fingerprint density at radius 2 is 2.17 bits per heavy atom. The summed E-state index contributed by atoms with van der Waals surface area (Å²) >= 11 is 1.48. The lowest BCUT2D eigenvalue weighted by Crippen LogP contribution is -2.36. The molecule has 3 heterocycles. The number of aliphatic carboxylic acids is 1. The summed E-state index contributed by atoms with van der Waals surface area (Å²) in [6.07, 6.45) is 1.64. The summed E-state index contributed by atoms with van der Waals surface area (Å²) in [4.78, 5) is 27.3. The minimum atomic E-state index is -0.854. The fourth-order valence-electron chi connectivity index (χ4n) is 3.46. The molecule has 6 heteroatoms. The minimum absolute atomic E-state index is 0.0166. The number of carbonyl (C=O) groups is 2. The highest BCUT2D eigenvalue weighted by molar-refractivity contribution is 7.17. The van der Waals surface area contributed by atoms with E-state index in [0.717, 1.165) is 34.6 Å².